The summed E-state index contributed by atoms with van der Waals surface area (Å²) in [5, 5.41) is 0. The van der Waals surface area contributed by atoms with E-state index in [9.17, 15) is 4.79 Å². The second kappa shape index (κ2) is 8.96. The zero-order chi connectivity index (χ0) is 10.8. The van der Waals surface area contributed by atoms with Crippen molar-refractivity contribution in [3.05, 3.63) is 11.6 Å². The molecule has 0 spiro atoms. The van der Waals surface area contributed by atoms with Crippen molar-refractivity contribution < 1.29 is 14.0 Å². The highest BCUT2D eigenvalue weighted by Crippen LogP contribution is 2.00. The first-order valence-electron chi connectivity index (χ1n) is 5.14. The van der Waals surface area contributed by atoms with Gasteiger partial charge in [-0.1, -0.05) is 19.4 Å². The Hall–Kier alpha value is -0.613. The summed E-state index contributed by atoms with van der Waals surface area (Å²) in [6.07, 6.45) is 4.54. The summed E-state index contributed by atoms with van der Waals surface area (Å²) < 4.78 is 10.2. The maximum absolute atomic E-state index is 11.3. The van der Waals surface area contributed by atoms with Crippen molar-refractivity contribution >= 4 is 15.7 Å². The Balaban J connectivity index is 3.62. The predicted molar refractivity (Wildman–Crippen MR) is 59.8 cm³/mol. The summed E-state index contributed by atoms with van der Waals surface area (Å²) in [7, 11) is -0.826. The molecule has 0 rings (SSSR count). The van der Waals surface area contributed by atoms with Crippen LogP contribution < -0.4 is 0 Å². The maximum atomic E-state index is 11.3. The first-order valence-corrected chi connectivity index (χ1v) is 6.71. The first-order chi connectivity index (χ1) is 6.72. The summed E-state index contributed by atoms with van der Waals surface area (Å²) in [5.74, 6) is -0.176. The Morgan fingerprint density at radius 1 is 1.43 bits per heavy atom. The van der Waals surface area contributed by atoms with Crippen molar-refractivity contribution in [2.24, 2.45) is 0 Å². The molecule has 0 saturated heterocycles. The molecule has 4 heteroatoms. The molecule has 0 aromatic rings. The molecule has 0 amide bonds. The molecule has 0 aromatic carbocycles. The van der Waals surface area contributed by atoms with Crippen LogP contribution in [0.4, 0.5) is 0 Å². The zero-order valence-electron chi connectivity index (χ0n) is 9.34. The van der Waals surface area contributed by atoms with Gasteiger partial charge in [0.1, 0.15) is 0 Å². The number of carbonyl (C=O) groups excluding carboxylic acids is 1. The van der Waals surface area contributed by atoms with E-state index in [2.05, 4.69) is 6.92 Å². The van der Waals surface area contributed by atoms with Gasteiger partial charge in [-0.05, 0) is 20.3 Å². The van der Waals surface area contributed by atoms with Crippen LogP contribution in [0.25, 0.3) is 0 Å². The highest BCUT2D eigenvalue weighted by molar-refractivity contribution is 6.31. The lowest BCUT2D eigenvalue weighted by molar-refractivity contribution is -0.130. The molecule has 0 aromatic heterocycles. The van der Waals surface area contributed by atoms with Crippen LogP contribution >= 0.6 is 0 Å². The molecule has 14 heavy (non-hydrogen) atoms. The molecule has 0 N–H and O–H groups in total. The second-order valence-corrected chi connectivity index (χ2v) is 4.11. The van der Waals surface area contributed by atoms with Gasteiger partial charge in [-0.15, -0.1) is 0 Å². The summed E-state index contributed by atoms with van der Waals surface area (Å²) in [4.78, 5) is 11.3. The van der Waals surface area contributed by atoms with Crippen LogP contribution in [0.2, 0.25) is 0 Å². The zero-order valence-corrected chi connectivity index (χ0v) is 10.8. The van der Waals surface area contributed by atoms with Crippen LogP contribution in [-0.4, -0.2) is 28.6 Å². The molecule has 0 radical (unpaired) electrons. The fraction of sp³-hybridized carbons (Fsp3) is 0.700. The monoisotopic (exact) mass is 216 g/mol. The van der Waals surface area contributed by atoms with Gasteiger partial charge in [0, 0.05) is 12.2 Å². The molecule has 0 unspecified atom stereocenters. The molecule has 0 fully saturated rings. The van der Waals surface area contributed by atoms with Crippen molar-refractivity contribution in [1.82, 2.24) is 0 Å². The Labute approximate surface area is 88.4 Å². The van der Waals surface area contributed by atoms with Crippen molar-refractivity contribution in [3.8, 4) is 0 Å². The van der Waals surface area contributed by atoms with Gasteiger partial charge < -0.3 is 9.16 Å². The van der Waals surface area contributed by atoms with Crippen molar-refractivity contribution in [2.45, 2.75) is 33.6 Å². The lowest BCUT2D eigenvalue weighted by Gasteiger charge is -2.04. The third-order valence-electron chi connectivity index (χ3n) is 1.73. The van der Waals surface area contributed by atoms with Gasteiger partial charge in [0.2, 0.25) is 9.76 Å². The summed E-state index contributed by atoms with van der Waals surface area (Å²) >= 11 is 0. The van der Waals surface area contributed by atoms with Gasteiger partial charge in [0.15, 0.2) is 0 Å². The predicted octanol–water partition coefficient (Wildman–Crippen LogP) is 1.35. The lowest BCUT2D eigenvalue weighted by Crippen LogP contribution is -2.14. The van der Waals surface area contributed by atoms with Crippen LogP contribution in [-0.2, 0) is 14.0 Å². The maximum Gasteiger partial charge on any atom is 0.319 e. The van der Waals surface area contributed by atoms with E-state index in [0.29, 0.717) is 12.8 Å². The summed E-state index contributed by atoms with van der Waals surface area (Å²) in [6.45, 7) is 6.50. The number of hydrogen-bond acceptors (Lipinski definition) is 3. The number of ether oxygens (including phenoxy) is 1. The molecule has 0 atom stereocenters. The first kappa shape index (κ1) is 13.4. The van der Waals surface area contributed by atoms with Gasteiger partial charge >= 0.3 is 5.97 Å². The highest BCUT2D eigenvalue weighted by atomic mass is 28.2. The number of allylic oxidation sites excluding steroid dienone is 1. The van der Waals surface area contributed by atoms with Crippen molar-refractivity contribution in [2.75, 3.05) is 12.8 Å². The Morgan fingerprint density at radius 3 is 2.71 bits per heavy atom. The number of carbonyl (C=O) groups is 1. The molecule has 0 aliphatic rings. The minimum atomic E-state index is -0.826. The molecule has 0 aliphatic carbocycles. The van der Waals surface area contributed by atoms with Crippen LogP contribution in [0, 0.1) is 0 Å². The van der Waals surface area contributed by atoms with E-state index in [0.717, 1.165) is 18.4 Å². The SMILES string of the molecule is CCCC=C(C)C(=O)O[SiH2]COCC. The van der Waals surface area contributed by atoms with Crippen LogP contribution in [0.5, 0.6) is 0 Å². The van der Waals surface area contributed by atoms with Gasteiger partial charge in [-0.3, -0.25) is 0 Å². The molecule has 3 nitrogen and oxygen atoms in total. The lowest BCUT2D eigenvalue weighted by atomic mass is 10.2. The average Bonchev–Trinajstić information content (AvgIpc) is 2.20. The smallest absolute Gasteiger partial charge is 0.319 e. The van der Waals surface area contributed by atoms with E-state index in [1.165, 1.54) is 0 Å². The Morgan fingerprint density at radius 2 is 2.14 bits per heavy atom. The topological polar surface area (TPSA) is 35.5 Å². The molecular weight excluding hydrogens is 196 g/mol. The van der Waals surface area contributed by atoms with E-state index >= 15 is 0 Å². The second-order valence-electron chi connectivity index (χ2n) is 3.01. The Kier molecular flexibility index (Phi) is 8.57. The number of unbranched alkanes of at least 4 members (excludes halogenated alkanes) is 1. The largest absolute Gasteiger partial charge is 0.519 e. The molecule has 0 saturated carbocycles. The number of rotatable bonds is 7. The van der Waals surface area contributed by atoms with E-state index < -0.39 is 9.76 Å². The van der Waals surface area contributed by atoms with Gasteiger partial charge in [-0.25, -0.2) is 4.79 Å². The fourth-order valence-corrected chi connectivity index (χ4v) is 1.80. The van der Waals surface area contributed by atoms with Crippen molar-refractivity contribution in [1.29, 1.82) is 0 Å². The van der Waals surface area contributed by atoms with Crippen LogP contribution in [0.3, 0.4) is 0 Å². The summed E-state index contributed by atoms with van der Waals surface area (Å²) in [6, 6.07) is 0. The van der Waals surface area contributed by atoms with Crippen LogP contribution in [0.1, 0.15) is 33.6 Å². The molecule has 0 heterocycles. The van der Waals surface area contributed by atoms with Gasteiger partial charge in [0.25, 0.3) is 0 Å². The average molecular weight is 216 g/mol. The third kappa shape index (κ3) is 6.86. The highest BCUT2D eigenvalue weighted by Gasteiger charge is 2.03. The molecular formula is C10H20O3Si. The van der Waals surface area contributed by atoms with E-state index in [1.54, 1.807) is 6.92 Å². The minimum Gasteiger partial charge on any atom is -0.519 e. The molecule has 0 aliphatic heterocycles. The normalized spacial score (nSPS) is 12.4. The fourth-order valence-electron chi connectivity index (χ4n) is 0.896. The van der Waals surface area contributed by atoms with Crippen molar-refractivity contribution in [3.63, 3.8) is 0 Å². The minimum absolute atomic E-state index is 0.176. The number of hydrogen-bond donors (Lipinski definition) is 0. The van der Waals surface area contributed by atoms with Crippen LogP contribution in [0.15, 0.2) is 11.6 Å². The van der Waals surface area contributed by atoms with E-state index in [4.69, 9.17) is 9.16 Å². The van der Waals surface area contributed by atoms with E-state index in [1.807, 2.05) is 13.0 Å². The molecule has 82 valence electrons. The standard InChI is InChI=1S/C10H20O3Si/c1-4-6-7-9(3)10(11)13-14-8-12-5-2/h7H,4-6,8,14H2,1-3H3. The third-order valence-corrected chi connectivity index (χ3v) is 2.65. The Bertz CT molecular complexity index is 190. The van der Waals surface area contributed by atoms with Gasteiger partial charge in [-0.2, -0.15) is 0 Å². The van der Waals surface area contributed by atoms with E-state index in [-0.39, 0.29) is 5.97 Å². The summed E-state index contributed by atoms with van der Waals surface area (Å²) in [5.41, 5.74) is 0.718. The molecule has 0 bridgehead atoms. The quantitative estimate of drug-likeness (QED) is 0.366. The van der Waals surface area contributed by atoms with Gasteiger partial charge in [0.05, 0.1) is 6.23 Å².